The molecule has 8 nitrogen and oxygen atoms in total. The lowest BCUT2D eigenvalue weighted by molar-refractivity contribution is -0.135. The largest absolute Gasteiger partial charge is 0.444 e. The van der Waals surface area contributed by atoms with Crippen molar-refractivity contribution in [2.75, 3.05) is 6.61 Å². The van der Waals surface area contributed by atoms with E-state index in [1.165, 1.54) is 5.56 Å². The van der Waals surface area contributed by atoms with Gasteiger partial charge in [0.05, 0.1) is 6.61 Å². The number of hydrogen-bond acceptors (Lipinski definition) is 5. The van der Waals surface area contributed by atoms with Crippen molar-refractivity contribution in [2.45, 2.75) is 58.2 Å². The van der Waals surface area contributed by atoms with Gasteiger partial charge in [-0.15, -0.1) is 0 Å². The lowest BCUT2D eigenvalue weighted by atomic mass is 10.0. The number of aryl methyl sites for hydroxylation is 1. The van der Waals surface area contributed by atoms with Crippen LogP contribution in [-0.4, -0.2) is 35.2 Å². The van der Waals surface area contributed by atoms with E-state index >= 15 is 0 Å². The number of H-pyrrole nitrogens is 1. The number of carbonyl (C=O) groups excluding carboxylic acids is 2. The van der Waals surface area contributed by atoms with E-state index < -0.39 is 23.6 Å². The van der Waals surface area contributed by atoms with Crippen molar-refractivity contribution >= 4 is 22.9 Å². The number of amides is 2. The van der Waals surface area contributed by atoms with Crippen molar-refractivity contribution in [3.05, 3.63) is 71.4 Å². The number of hydroxylamine groups is 1. The van der Waals surface area contributed by atoms with E-state index in [4.69, 9.17) is 15.3 Å². The summed E-state index contributed by atoms with van der Waals surface area (Å²) >= 11 is 0. The Kier molecular flexibility index (Phi) is 8.67. The van der Waals surface area contributed by atoms with Gasteiger partial charge in [0.25, 0.3) is 5.91 Å². The van der Waals surface area contributed by atoms with Gasteiger partial charge < -0.3 is 20.8 Å². The summed E-state index contributed by atoms with van der Waals surface area (Å²) in [6.45, 7) is 6.18. The van der Waals surface area contributed by atoms with Crippen molar-refractivity contribution in [1.82, 2.24) is 15.8 Å². The number of fused-ring (bicyclic) bond motifs is 1. The lowest BCUT2D eigenvalue weighted by Gasteiger charge is -2.23. The number of aromatic nitrogens is 1. The van der Waals surface area contributed by atoms with Crippen LogP contribution in [0.1, 0.15) is 43.9 Å². The van der Waals surface area contributed by atoms with E-state index in [1.807, 2.05) is 54.7 Å². The van der Waals surface area contributed by atoms with E-state index in [2.05, 4.69) is 15.8 Å². The molecule has 0 saturated carbocycles. The molecule has 0 unspecified atom stereocenters. The number of nitrogens with one attached hydrogen (secondary N) is 3. The Morgan fingerprint density at radius 3 is 2.47 bits per heavy atom. The van der Waals surface area contributed by atoms with Crippen molar-refractivity contribution in [2.24, 2.45) is 5.73 Å². The van der Waals surface area contributed by atoms with Crippen LogP contribution < -0.4 is 16.5 Å². The summed E-state index contributed by atoms with van der Waals surface area (Å²) in [5.41, 5.74) is 11.6. The highest BCUT2D eigenvalue weighted by molar-refractivity contribution is 5.87. The van der Waals surface area contributed by atoms with Gasteiger partial charge in [0.15, 0.2) is 0 Å². The molecule has 8 heteroatoms. The molecule has 3 rings (SSSR count). The summed E-state index contributed by atoms with van der Waals surface area (Å²) in [6, 6.07) is 15.0. The van der Waals surface area contributed by atoms with Crippen molar-refractivity contribution in [3.8, 4) is 0 Å². The second-order valence-corrected chi connectivity index (χ2v) is 9.20. The van der Waals surface area contributed by atoms with Gasteiger partial charge in [-0.25, -0.2) is 10.3 Å². The molecule has 2 amide bonds. The number of rotatable bonds is 10. The van der Waals surface area contributed by atoms with Crippen LogP contribution in [0.25, 0.3) is 10.9 Å². The molecule has 34 heavy (non-hydrogen) atoms. The smallest absolute Gasteiger partial charge is 0.408 e. The summed E-state index contributed by atoms with van der Waals surface area (Å²) in [5.74, 6) is -0.441. The van der Waals surface area contributed by atoms with Crippen molar-refractivity contribution < 1.29 is 19.2 Å². The molecule has 1 atom stereocenters. The predicted octanol–water partition coefficient (Wildman–Crippen LogP) is 3.74. The summed E-state index contributed by atoms with van der Waals surface area (Å²) in [7, 11) is 0. The monoisotopic (exact) mass is 466 g/mol. The minimum absolute atomic E-state index is 0.284. The van der Waals surface area contributed by atoms with Gasteiger partial charge in [-0.2, -0.15) is 0 Å². The molecule has 0 aliphatic rings. The summed E-state index contributed by atoms with van der Waals surface area (Å²) in [4.78, 5) is 33.9. The average Bonchev–Trinajstić information content (AvgIpc) is 3.20. The summed E-state index contributed by atoms with van der Waals surface area (Å²) < 4.78 is 5.35. The maximum Gasteiger partial charge on any atom is 0.408 e. The zero-order valence-electron chi connectivity index (χ0n) is 20.0. The number of ether oxygens (including phenoxy) is 1. The Bertz CT molecular complexity index is 1090. The molecular weight excluding hydrogens is 432 g/mol. The third kappa shape index (κ3) is 7.60. The third-order valence-electron chi connectivity index (χ3n) is 5.25. The van der Waals surface area contributed by atoms with E-state index in [0.29, 0.717) is 13.2 Å². The molecule has 0 spiro atoms. The van der Waals surface area contributed by atoms with Crippen LogP contribution in [0.15, 0.2) is 54.7 Å². The van der Waals surface area contributed by atoms with Crippen LogP contribution >= 0.6 is 0 Å². The Morgan fingerprint density at radius 1 is 1.06 bits per heavy atom. The Hall–Kier alpha value is -3.36. The number of hydrogen-bond donors (Lipinski definition) is 4. The summed E-state index contributed by atoms with van der Waals surface area (Å²) in [6.07, 6.45) is 3.02. The maximum absolute atomic E-state index is 12.9. The molecule has 2 aromatic carbocycles. The zero-order valence-corrected chi connectivity index (χ0v) is 20.0. The van der Waals surface area contributed by atoms with Gasteiger partial charge in [0.2, 0.25) is 0 Å². The fourth-order valence-electron chi connectivity index (χ4n) is 3.56. The molecule has 182 valence electrons. The number of carbonyl (C=O) groups is 2. The second kappa shape index (κ2) is 11.7. The predicted molar refractivity (Wildman–Crippen MR) is 132 cm³/mol. The van der Waals surface area contributed by atoms with Crippen LogP contribution in [-0.2, 0) is 33.8 Å². The van der Waals surface area contributed by atoms with Crippen LogP contribution in [0.3, 0.4) is 0 Å². The quantitative estimate of drug-likeness (QED) is 0.268. The lowest BCUT2D eigenvalue weighted by Crippen LogP contribution is -2.49. The Morgan fingerprint density at radius 2 is 1.76 bits per heavy atom. The Balaban J connectivity index is 1.56. The second-order valence-electron chi connectivity index (χ2n) is 9.20. The van der Waals surface area contributed by atoms with Crippen LogP contribution in [0.5, 0.6) is 0 Å². The van der Waals surface area contributed by atoms with Gasteiger partial charge in [0, 0.05) is 30.1 Å². The first-order valence-electron chi connectivity index (χ1n) is 11.5. The molecule has 0 radical (unpaired) electrons. The standard InChI is InChI=1S/C26H34N4O4/c1-26(2,3)34-25(32)29-23(15-20-17-28-22-9-5-4-8-21(20)22)24(31)30-33-14-6-7-18-10-12-19(16-27)13-11-18/h4-5,8-13,17,23,28H,6-7,14-16,27H2,1-3H3,(H,29,32)(H,30,31)/t23-/m1/s1. The molecule has 3 aromatic rings. The molecule has 0 fully saturated rings. The molecule has 5 N–H and O–H groups in total. The SMILES string of the molecule is CC(C)(C)OC(=O)N[C@H](Cc1c[nH]c2ccccc12)C(=O)NOCCCc1ccc(CN)cc1. The Labute approximate surface area is 200 Å². The molecule has 0 bridgehead atoms. The van der Waals surface area contributed by atoms with Gasteiger partial charge in [-0.1, -0.05) is 42.5 Å². The van der Waals surface area contributed by atoms with E-state index in [0.717, 1.165) is 34.9 Å². The first-order valence-corrected chi connectivity index (χ1v) is 11.5. The van der Waals surface area contributed by atoms with Gasteiger partial charge >= 0.3 is 6.09 Å². The number of nitrogens with two attached hydrogens (primary N) is 1. The molecular formula is C26H34N4O4. The number of alkyl carbamates (subject to hydrolysis) is 1. The van der Waals surface area contributed by atoms with Crippen molar-refractivity contribution in [1.29, 1.82) is 0 Å². The minimum atomic E-state index is -0.863. The van der Waals surface area contributed by atoms with Gasteiger partial charge in [-0.05, 0) is 56.4 Å². The van der Waals surface area contributed by atoms with E-state index in [1.54, 1.807) is 20.8 Å². The first kappa shape index (κ1) is 25.3. The highest BCUT2D eigenvalue weighted by atomic mass is 16.7. The number of benzene rings is 2. The first-order chi connectivity index (χ1) is 16.2. The molecule has 1 aromatic heterocycles. The highest BCUT2D eigenvalue weighted by Gasteiger charge is 2.26. The van der Waals surface area contributed by atoms with Crippen LogP contribution in [0, 0.1) is 0 Å². The third-order valence-corrected chi connectivity index (χ3v) is 5.25. The van der Waals surface area contributed by atoms with Crippen molar-refractivity contribution in [3.63, 3.8) is 0 Å². The van der Waals surface area contributed by atoms with Crippen LogP contribution in [0.4, 0.5) is 4.79 Å². The van der Waals surface area contributed by atoms with E-state index in [9.17, 15) is 9.59 Å². The molecule has 0 aliphatic heterocycles. The zero-order chi connectivity index (χ0) is 24.6. The fourth-order valence-corrected chi connectivity index (χ4v) is 3.56. The highest BCUT2D eigenvalue weighted by Crippen LogP contribution is 2.19. The molecule has 1 heterocycles. The number of para-hydroxylation sites is 1. The topological polar surface area (TPSA) is 118 Å². The summed E-state index contributed by atoms with van der Waals surface area (Å²) in [5, 5.41) is 3.67. The van der Waals surface area contributed by atoms with Gasteiger partial charge in [0.1, 0.15) is 11.6 Å². The normalized spacial score (nSPS) is 12.4. The van der Waals surface area contributed by atoms with E-state index in [-0.39, 0.29) is 6.42 Å². The number of aromatic amines is 1. The average molecular weight is 467 g/mol. The fraction of sp³-hybridized carbons (Fsp3) is 0.385. The molecule has 0 aliphatic carbocycles. The maximum atomic E-state index is 12.9. The van der Waals surface area contributed by atoms with Crippen LogP contribution in [0.2, 0.25) is 0 Å². The minimum Gasteiger partial charge on any atom is -0.444 e. The van der Waals surface area contributed by atoms with Gasteiger partial charge in [-0.3, -0.25) is 9.63 Å². The molecule has 0 saturated heterocycles.